The van der Waals surface area contributed by atoms with Gasteiger partial charge < -0.3 is 19.3 Å². The molecule has 3 aliphatic rings. The Kier molecular flexibility index (Phi) is 6.58. The number of hydrogen-bond donors (Lipinski definition) is 0. The average Bonchev–Trinajstić information content (AvgIpc) is 3.18. The summed E-state index contributed by atoms with van der Waals surface area (Å²) in [7, 11) is 0. The summed E-state index contributed by atoms with van der Waals surface area (Å²) in [6.45, 7) is 8.76. The fourth-order valence-corrected chi connectivity index (χ4v) is 5.01. The number of amides is 2. The van der Waals surface area contributed by atoms with Crippen LogP contribution in [-0.4, -0.2) is 79.2 Å². The number of fused-ring (bicyclic) bond motifs is 1. The van der Waals surface area contributed by atoms with E-state index in [-0.39, 0.29) is 42.9 Å². The number of nitrogens with zero attached hydrogens (tertiary/aromatic N) is 3. The molecule has 0 saturated carbocycles. The molecule has 0 spiro atoms. The van der Waals surface area contributed by atoms with Gasteiger partial charge in [-0.05, 0) is 38.8 Å². The number of likely N-dealkylation sites (tertiary alicyclic amines) is 1. The van der Waals surface area contributed by atoms with Gasteiger partial charge in [-0.25, -0.2) is 0 Å². The number of morpholine rings is 1. The average molecular weight is 416 g/mol. The molecule has 0 aliphatic carbocycles. The van der Waals surface area contributed by atoms with E-state index in [2.05, 4.69) is 18.7 Å². The second-order valence-corrected chi connectivity index (χ2v) is 8.72. The molecule has 2 fully saturated rings. The summed E-state index contributed by atoms with van der Waals surface area (Å²) < 4.78 is 11.5. The minimum atomic E-state index is -0.00863. The van der Waals surface area contributed by atoms with Crippen LogP contribution in [-0.2, 0) is 14.3 Å². The minimum Gasteiger partial charge on any atom is -0.490 e. The highest BCUT2D eigenvalue weighted by molar-refractivity contribution is 5.97. The molecule has 30 heavy (non-hydrogen) atoms. The van der Waals surface area contributed by atoms with Crippen LogP contribution in [0.2, 0.25) is 0 Å². The Hall–Kier alpha value is -2.12. The Morgan fingerprint density at radius 3 is 2.57 bits per heavy atom. The normalized spacial score (nSPS) is 26.9. The van der Waals surface area contributed by atoms with Crippen LogP contribution in [0.25, 0.3) is 0 Å². The molecule has 3 atom stereocenters. The van der Waals surface area contributed by atoms with E-state index in [1.54, 1.807) is 4.90 Å². The molecule has 0 radical (unpaired) electrons. The molecule has 3 unspecified atom stereocenters. The van der Waals surface area contributed by atoms with Gasteiger partial charge in [0.05, 0.1) is 24.4 Å². The summed E-state index contributed by atoms with van der Waals surface area (Å²) in [6.07, 6.45) is 3.04. The Balaban J connectivity index is 1.31. The maximum absolute atomic E-state index is 12.9. The maximum atomic E-state index is 12.9. The van der Waals surface area contributed by atoms with Crippen molar-refractivity contribution in [2.24, 2.45) is 0 Å². The Bertz CT molecular complexity index is 761. The van der Waals surface area contributed by atoms with Crippen LogP contribution >= 0.6 is 0 Å². The minimum absolute atomic E-state index is 0.00863. The van der Waals surface area contributed by atoms with Gasteiger partial charge in [0.25, 0.3) is 0 Å². The van der Waals surface area contributed by atoms with Crippen LogP contribution in [0.4, 0.5) is 5.69 Å². The molecule has 164 valence electrons. The lowest BCUT2D eigenvalue weighted by molar-refractivity contribution is -0.134. The Morgan fingerprint density at radius 1 is 1.03 bits per heavy atom. The fraction of sp³-hybridized carbons (Fsp3) is 0.652. The standard InChI is InChI=1S/C23H33N3O4/c1-17-14-24(15-18(2)30-17)16-19-6-5-11-25(19)22(27)9-10-23(28)26-12-13-29-21-8-4-3-7-20(21)26/h3-4,7-8,17-19H,5-6,9-16H2,1-2H3. The SMILES string of the molecule is CC1CN(CC2CCCN2C(=O)CCC(=O)N2CCOc3ccccc32)CC(C)O1. The van der Waals surface area contributed by atoms with Crippen molar-refractivity contribution in [3.05, 3.63) is 24.3 Å². The number of rotatable bonds is 5. The van der Waals surface area contributed by atoms with Crippen LogP contribution in [0.1, 0.15) is 39.5 Å². The van der Waals surface area contributed by atoms with E-state index in [0.29, 0.717) is 13.2 Å². The van der Waals surface area contributed by atoms with Crippen LogP contribution in [0, 0.1) is 0 Å². The van der Waals surface area contributed by atoms with Crippen molar-refractivity contribution in [3.63, 3.8) is 0 Å². The van der Waals surface area contributed by atoms with Crippen molar-refractivity contribution >= 4 is 17.5 Å². The zero-order chi connectivity index (χ0) is 21.1. The maximum Gasteiger partial charge on any atom is 0.227 e. The van der Waals surface area contributed by atoms with Gasteiger partial charge in [-0.15, -0.1) is 0 Å². The molecule has 0 aromatic heterocycles. The first-order valence-electron chi connectivity index (χ1n) is 11.2. The van der Waals surface area contributed by atoms with Crippen molar-refractivity contribution in [3.8, 4) is 5.75 Å². The monoisotopic (exact) mass is 415 g/mol. The number of carbonyl (C=O) groups is 2. The van der Waals surface area contributed by atoms with Gasteiger partial charge in [0.15, 0.2) is 0 Å². The van der Waals surface area contributed by atoms with Crippen LogP contribution in [0.5, 0.6) is 5.75 Å². The highest BCUT2D eigenvalue weighted by Gasteiger charge is 2.33. The lowest BCUT2D eigenvalue weighted by Crippen LogP contribution is -2.51. The van der Waals surface area contributed by atoms with Crippen molar-refractivity contribution in [2.75, 3.05) is 44.2 Å². The Morgan fingerprint density at radius 2 is 1.77 bits per heavy atom. The molecule has 2 saturated heterocycles. The first kappa shape index (κ1) is 21.1. The van der Waals surface area contributed by atoms with Crippen molar-refractivity contribution in [1.29, 1.82) is 0 Å². The van der Waals surface area contributed by atoms with Gasteiger partial charge in [0, 0.05) is 45.1 Å². The summed E-state index contributed by atoms with van der Waals surface area (Å²) in [5, 5.41) is 0. The number of benzene rings is 1. The number of hydrogen-bond acceptors (Lipinski definition) is 5. The third-order valence-electron chi connectivity index (χ3n) is 6.24. The van der Waals surface area contributed by atoms with Gasteiger partial charge in [0.2, 0.25) is 11.8 Å². The summed E-state index contributed by atoms with van der Waals surface area (Å²) in [6, 6.07) is 7.83. The quantitative estimate of drug-likeness (QED) is 0.739. The molecule has 1 aromatic rings. The van der Waals surface area contributed by atoms with Crippen LogP contribution in [0.15, 0.2) is 24.3 Å². The number of anilines is 1. The van der Waals surface area contributed by atoms with E-state index in [1.165, 1.54) is 0 Å². The molecule has 3 aliphatic heterocycles. The molecule has 0 bridgehead atoms. The van der Waals surface area contributed by atoms with E-state index in [0.717, 1.165) is 50.5 Å². The van der Waals surface area contributed by atoms with Gasteiger partial charge in [0.1, 0.15) is 12.4 Å². The van der Waals surface area contributed by atoms with Gasteiger partial charge in [-0.3, -0.25) is 14.5 Å². The summed E-state index contributed by atoms with van der Waals surface area (Å²) >= 11 is 0. The third-order valence-corrected chi connectivity index (χ3v) is 6.24. The molecule has 1 aromatic carbocycles. The third kappa shape index (κ3) is 4.78. The first-order chi connectivity index (χ1) is 14.5. The molecule has 3 heterocycles. The first-order valence-corrected chi connectivity index (χ1v) is 11.2. The van der Waals surface area contributed by atoms with Crippen LogP contribution < -0.4 is 9.64 Å². The summed E-state index contributed by atoms with van der Waals surface area (Å²) in [5.41, 5.74) is 0.802. The van der Waals surface area contributed by atoms with Crippen molar-refractivity contribution in [1.82, 2.24) is 9.80 Å². The van der Waals surface area contributed by atoms with Gasteiger partial charge in [-0.2, -0.15) is 0 Å². The zero-order valence-corrected chi connectivity index (χ0v) is 18.1. The molecule has 7 nitrogen and oxygen atoms in total. The Labute approximate surface area is 178 Å². The van der Waals surface area contributed by atoms with Crippen molar-refractivity contribution in [2.45, 2.75) is 57.8 Å². The highest BCUT2D eigenvalue weighted by Crippen LogP contribution is 2.31. The molecular weight excluding hydrogens is 382 g/mol. The predicted octanol–water partition coefficient (Wildman–Crippen LogP) is 2.29. The smallest absolute Gasteiger partial charge is 0.227 e. The van der Waals surface area contributed by atoms with Crippen molar-refractivity contribution < 1.29 is 19.1 Å². The topological polar surface area (TPSA) is 62.3 Å². The number of para-hydroxylation sites is 2. The van der Waals surface area contributed by atoms with E-state index in [9.17, 15) is 9.59 Å². The van der Waals surface area contributed by atoms with E-state index in [4.69, 9.17) is 9.47 Å². The zero-order valence-electron chi connectivity index (χ0n) is 18.1. The number of carbonyl (C=O) groups excluding carboxylic acids is 2. The van der Waals surface area contributed by atoms with Crippen LogP contribution in [0.3, 0.4) is 0 Å². The number of ether oxygens (including phenoxy) is 2. The highest BCUT2D eigenvalue weighted by atomic mass is 16.5. The van der Waals surface area contributed by atoms with Gasteiger partial charge >= 0.3 is 0 Å². The van der Waals surface area contributed by atoms with E-state index < -0.39 is 0 Å². The van der Waals surface area contributed by atoms with E-state index >= 15 is 0 Å². The summed E-state index contributed by atoms with van der Waals surface area (Å²) in [4.78, 5) is 32.0. The molecule has 2 amide bonds. The fourth-order valence-electron chi connectivity index (χ4n) is 5.01. The molecule has 0 N–H and O–H groups in total. The largest absolute Gasteiger partial charge is 0.490 e. The van der Waals surface area contributed by atoms with E-state index in [1.807, 2.05) is 29.2 Å². The molecule has 7 heteroatoms. The lowest BCUT2D eigenvalue weighted by Gasteiger charge is -2.38. The second-order valence-electron chi connectivity index (χ2n) is 8.72. The summed E-state index contributed by atoms with van der Waals surface area (Å²) in [5.74, 6) is 0.824. The molecule has 4 rings (SSSR count). The predicted molar refractivity (Wildman–Crippen MR) is 115 cm³/mol. The lowest BCUT2D eigenvalue weighted by atomic mass is 10.1. The molecular formula is C23H33N3O4. The van der Waals surface area contributed by atoms with Gasteiger partial charge in [-0.1, -0.05) is 12.1 Å². The second kappa shape index (κ2) is 9.35.